The highest BCUT2D eigenvalue weighted by atomic mass is 32.2. The van der Waals surface area contributed by atoms with E-state index in [0.717, 1.165) is 24.0 Å². The summed E-state index contributed by atoms with van der Waals surface area (Å²) in [5.41, 5.74) is 2.73. The molecule has 3 aliphatic rings. The zero-order valence-corrected chi connectivity index (χ0v) is 23.9. The molecule has 3 aromatic rings. The number of amides is 2. The molecule has 7 nitrogen and oxygen atoms in total. The number of rotatable bonds is 7. The number of sulfonamides is 1. The standard InChI is InChI=1S/C32H33F2N3O4S/c33-26-17-23-13-7-8-16-36(28(23)19-27(26)34)24-18-29(31(38)35-42(40,41)25-14-15-25)37(20-24)32(39)30(21-9-3-1-4-10-21)22-11-5-2-6-12-22/h1-6,9-12,17,19,24-25,29-30H,7-8,13-16,18,20H2,(H,35,38)/t24-,29-/m0/s1. The summed E-state index contributed by atoms with van der Waals surface area (Å²) in [7, 11) is -3.85. The molecule has 2 aliphatic heterocycles. The van der Waals surface area contributed by atoms with Gasteiger partial charge < -0.3 is 9.80 Å². The Balaban J connectivity index is 1.38. The van der Waals surface area contributed by atoms with Crippen molar-refractivity contribution in [3.05, 3.63) is 101 Å². The molecule has 3 aromatic carbocycles. The number of hydrogen-bond acceptors (Lipinski definition) is 5. The molecule has 220 valence electrons. The molecule has 6 rings (SSSR count). The molecule has 1 N–H and O–H groups in total. The largest absolute Gasteiger partial charge is 0.366 e. The Morgan fingerprint density at radius 2 is 1.50 bits per heavy atom. The zero-order valence-electron chi connectivity index (χ0n) is 23.1. The normalized spacial score (nSPS) is 20.7. The van der Waals surface area contributed by atoms with E-state index in [1.54, 1.807) is 0 Å². The number of halogens is 2. The number of hydrogen-bond donors (Lipinski definition) is 1. The van der Waals surface area contributed by atoms with Crippen molar-refractivity contribution in [2.75, 3.05) is 18.0 Å². The minimum atomic E-state index is -3.85. The molecule has 0 unspecified atom stereocenters. The SMILES string of the molecule is O=C(NS(=O)(=O)C1CC1)[C@@H]1C[C@H](N2CCCCc3cc(F)c(F)cc32)CN1C(=O)C(c1ccccc1)c1ccccc1. The number of benzene rings is 3. The molecule has 1 saturated heterocycles. The maximum absolute atomic E-state index is 14.5. The van der Waals surface area contributed by atoms with Crippen LogP contribution in [0.2, 0.25) is 0 Å². The first-order valence-electron chi connectivity index (χ1n) is 14.4. The Morgan fingerprint density at radius 1 is 0.881 bits per heavy atom. The summed E-state index contributed by atoms with van der Waals surface area (Å²) in [6, 6.07) is 19.5. The Kier molecular flexibility index (Phi) is 7.74. The van der Waals surface area contributed by atoms with Crippen molar-refractivity contribution in [1.29, 1.82) is 0 Å². The number of nitrogens with one attached hydrogen (secondary N) is 1. The summed E-state index contributed by atoms with van der Waals surface area (Å²) >= 11 is 0. The van der Waals surface area contributed by atoms with Crippen molar-refractivity contribution in [3.8, 4) is 0 Å². The van der Waals surface area contributed by atoms with Gasteiger partial charge in [-0.25, -0.2) is 17.2 Å². The topological polar surface area (TPSA) is 86.8 Å². The first-order chi connectivity index (χ1) is 20.2. The van der Waals surface area contributed by atoms with Crippen LogP contribution in [0.25, 0.3) is 0 Å². The molecule has 2 heterocycles. The third-order valence-electron chi connectivity index (χ3n) is 8.55. The predicted molar refractivity (Wildman–Crippen MR) is 155 cm³/mol. The van der Waals surface area contributed by atoms with Gasteiger partial charge in [0, 0.05) is 30.9 Å². The fourth-order valence-corrected chi connectivity index (χ4v) is 7.62. The fraction of sp³-hybridized carbons (Fsp3) is 0.375. The van der Waals surface area contributed by atoms with E-state index in [4.69, 9.17) is 0 Å². The highest BCUT2D eigenvalue weighted by Gasteiger charge is 2.47. The van der Waals surface area contributed by atoms with Crippen LogP contribution < -0.4 is 9.62 Å². The Bertz CT molecular complexity index is 1540. The van der Waals surface area contributed by atoms with Gasteiger partial charge in [-0.2, -0.15) is 0 Å². The first kappa shape index (κ1) is 28.3. The second kappa shape index (κ2) is 11.5. The van der Waals surface area contributed by atoms with Crippen LogP contribution in [0.1, 0.15) is 54.7 Å². The van der Waals surface area contributed by atoms with Gasteiger partial charge in [0.1, 0.15) is 6.04 Å². The molecule has 0 aromatic heterocycles. The Labute approximate surface area is 244 Å². The van der Waals surface area contributed by atoms with Gasteiger partial charge in [-0.05, 0) is 61.3 Å². The van der Waals surface area contributed by atoms with Crippen molar-refractivity contribution >= 4 is 27.5 Å². The highest BCUT2D eigenvalue weighted by molar-refractivity contribution is 7.90. The first-order valence-corrected chi connectivity index (χ1v) is 16.0. The number of carbonyl (C=O) groups is 2. The van der Waals surface area contributed by atoms with Crippen LogP contribution in [-0.2, 0) is 26.0 Å². The van der Waals surface area contributed by atoms with Crippen LogP contribution in [0.5, 0.6) is 0 Å². The number of likely N-dealkylation sites (tertiary alicyclic amines) is 1. The van der Waals surface area contributed by atoms with E-state index in [1.807, 2.05) is 65.6 Å². The highest BCUT2D eigenvalue weighted by Crippen LogP contribution is 2.37. The minimum absolute atomic E-state index is 0.134. The average Bonchev–Trinajstić information content (AvgIpc) is 3.78. The van der Waals surface area contributed by atoms with Gasteiger partial charge in [0.2, 0.25) is 15.9 Å². The molecule has 10 heteroatoms. The van der Waals surface area contributed by atoms with Crippen LogP contribution in [0, 0.1) is 11.6 Å². The molecule has 2 amide bonds. The van der Waals surface area contributed by atoms with Crippen LogP contribution in [-0.4, -0.2) is 55.6 Å². The van der Waals surface area contributed by atoms with Gasteiger partial charge >= 0.3 is 0 Å². The summed E-state index contributed by atoms with van der Waals surface area (Å²) in [5.74, 6) is -3.64. The molecule has 1 aliphatic carbocycles. The molecular weight excluding hydrogens is 560 g/mol. The summed E-state index contributed by atoms with van der Waals surface area (Å²) in [6.45, 7) is 0.676. The maximum atomic E-state index is 14.5. The molecule has 0 bridgehead atoms. The second-order valence-electron chi connectivity index (χ2n) is 11.4. The van der Waals surface area contributed by atoms with Gasteiger partial charge in [0.25, 0.3) is 5.91 Å². The van der Waals surface area contributed by atoms with Crippen molar-refractivity contribution in [2.24, 2.45) is 0 Å². The van der Waals surface area contributed by atoms with Gasteiger partial charge in [-0.15, -0.1) is 0 Å². The fourth-order valence-electron chi connectivity index (χ4n) is 6.28. The predicted octanol–water partition coefficient (Wildman–Crippen LogP) is 4.52. The summed E-state index contributed by atoms with van der Waals surface area (Å²) in [6.07, 6.45) is 3.30. The molecule has 2 fully saturated rings. The monoisotopic (exact) mass is 593 g/mol. The summed E-state index contributed by atoms with van der Waals surface area (Å²) < 4.78 is 56.4. The van der Waals surface area contributed by atoms with E-state index in [1.165, 1.54) is 17.0 Å². The number of aryl methyl sites for hydroxylation is 1. The van der Waals surface area contributed by atoms with Crippen LogP contribution in [0.3, 0.4) is 0 Å². The third kappa shape index (κ3) is 5.64. The van der Waals surface area contributed by atoms with Crippen molar-refractivity contribution < 1.29 is 26.8 Å². The van der Waals surface area contributed by atoms with E-state index in [0.29, 0.717) is 37.1 Å². The average molecular weight is 594 g/mol. The van der Waals surface area contributed by atoms with E-state index in [9.17, 15) is 26.8 Å². The number of anilines is 1. The Hall–Kier alpha value is -3.79. The molecule has 1 saturated carbocycles. The van der Waals surface area contributed by atoms with Crippen LogP contribution in [0.4, 0.5) is 14.5 Å². The van der Waals surface area contributed by atoms with Gasteiger partial charge in [0.05, 0.1) is 11.2 Å². The van der Waals surface area contributed by atoms with Gasteiger partial charge in [-0.1, -0.05) is 60.7 Å². The molecular formula is C32H33F2N3O4S. The van der Waals surface area contributed by atoms with Gasteiger partial charge in [0.15, 0.2) is 11.6 Å². The molecule has 0 radical (unpaired) electrons. The molecule has 42 heavy (non-hydrogen) atoms. The number of fused-ring (bicyclic) bond motifs is 1. The quantitative estimate of drug-likeness (QED) is 0.436. The van der Waals surface area contributed by atoms with Crippen molar-refractivity contribution in [3.63, 3.8) is 0 Å². The maximum Gasteiger partial charge on any atom is 0.256 e. The minimum Gasteiger partial charge on any atom is -0.366 e. The Morgan fingerprint density at radius 3 is 2.12 bits per heavy atom. The summed E-state index contributed by atoms with van der Waals surface area (Å²) in [5, 5.41) is -0.598. The van der Waals surface area contributed by atoms with Gasteiger partial charge in [-0.3, -0.25) is 14.3 Å². The number of nitrogens with zero attached hydrogens (tertiary/aromatic N) is 2. The lowest BCUT2D eigenvalue weighted by Crippen LogP contribution is -2.49. The van der Waals surface area contributed by atoms with E-state index in [-0.39, 0.29) is 18.9 Å². The molecule has 0 spiro atoms. The van der Waals surface area contributed by atoms with Crippen LogP contribution in [0.15, 0.2) is 72.8 Å². The lowest BCUT2D eigenvalue weighted by atomic mass is 9.90. The van der Waals surface area contributed by atoms with E-state index >= 15 is 0 Å². The zero-order chi connectivity index (χ0) is 29.4. The third-order valence-corrected chi connectivity index (χ3v) is 10.4. The second-order valence-corrected chi connectivity index (χ2v) is 13.4. The van der Waals surface area contributed by atoms with E-state index in [2.05, 4.69) is 4.72 Å². The van der Waals surface area contributed by atoms with E-state index < -0.39 is 50.8 Å². The summed E-state index contributed by atoms with van der Waals surface area (Å²) in [4.78, 5) is 31.6. The molecule has 2 atom stereocenters. The lowest BCUT2D eigenvalue weighted by Gasteiger charge is -2.32. The van der Waals surface area contributed by atoms with Crippen molar-refractivity contribution in [2.45, 2.75) is 61.8 Å². The lowest BCUT2D eigenvalue weighted by molar-refractivity contribution is -0.138. The van der Waals surface area contributed by atoms with Crippen molar-refractivity contribution in [1.82, 2.24) is 9.62 Å². The number of carbonyl (C=O) groups excluding carboxylic acids is 2. The van der Waals surface area contributed by atoms with Crippen LogP contribution >= 0.6 is 0 Å². The smallest absolute Gasteiger partial charge is 0.256 e.